The van der Waals surface area contributed by atoms with Crippen molar-refractivity contribution >= 4 is 23.6 Å². The van der Waals surface area contributed by atoms with E-state index in [1.165, 1.54) is 28.5 Å². The zero-order chi connectivity index (χ0) is 24.3. The fourth-order valence-electron chi connectivity index (χ4n) is 5.11. The topological polar surface area (TPSA) is 117 Å². The second kappa shape index (κ2) is 10.1. The standard InChI is InChI=1S/C24H36N6O4/c1-24(23(34)26-17-9-5-3-4-6-10-17)16-30-19(22(33)28(24)2)15-18(27-30)21(32)25-12-8-14-29-13-7-11-20(29)31/h15,17H,3-14,16H2,1-2H3,(H,25,32)(H,26,34)/t24-/m0/s1. The molecule has 0 radical (unpaired) electrons. The average molecular weight is 473 g/mol. The molecule has 1 atom stereocenters. The van der Waals surface area contributed by atoms with Gasteiger partial charge in [0.2, 0.25) is 11.8 Å². The van der Waals surface area contributed by atoms with E-state index >= 15 is 0 Å². The van der Waals surface area contributed by atoms with Crippen LogP contribution in [0.4, 0.5) is 0 Å². The number of fused-ring (bicyclic) bond motifs is 1. The normalized spacial score (nSPS) is 23.6. The fourth-order valence-corrected chi connectivity index (χ4v) is 5.11. The van der Waals surface area contributed by atoms with E-state index in [4.69, 9.17) is 0 Å². The van der Waals surface area contributed by atoms with Gasteiger partial charge in [0.25, 0.3) is 11.8 Å². The van der Waals surface area contributed by atoms with Crippen LogP contribution in [-0.2, 0) is 16.1 Å². The minimum absolute atomic E-state index is 0.131. The lowest BCUT2D eigenvalue weighted by Crippen LogP contribution is -2.63. The van der Waals surface area contributed by atoms with Crippen molar-refractivity contribution in [1.29, 1.82) is 0 Å². The van der Waals surface area contributed by atoms with Crippen molar-refractivity contribution in [3.63, 3.8) is 0 Å². The van der Waals surface area contributed by atoms with Gasteiger partial charge in [-0.05, 0) is 32.6 Å². The number of nitrogens with one attached hydrogen (secondary N) is 2. The highest BCUT2D eigenvalue weighted by Gasteiger charge is 2.46. The third-order valence-corrected chi connectivity index (χ3v) is 7.48. The lowest BCUT2D eigenvalue weighted by molar-refractivity contribution is -0.133. The lowest BCUT2D eigenvalue weighted by Gasteiger charge is -2.41. The summed E-state index contributed by atoms with van der Waals surface area (Å²) in [5.41, 5.74) is -0.629. The van der Waals surface area contributed by atoms with Gasteiger partial charge in [-0.3, -0.25) is 23.9 Å². The van der Waals surface area contributed by atoms with E-state index in [1.807, 2.05) is 4.90 Å². The minimum Gasteiger partial charge on any atom is -0.351 e. The average Bonchev–Trinajstić information content (AvgIpc) is 3.33. The molecule has 1 aromatic heterocycles. The Morgan fingerprint density at radius 2 is 1.88 bits per heavy atom. The van der Waals surface area contributed by atoms with E-state index in [0.717, 1.165) is 38.6 Å². The first-order valence-electron chi connectivity index (χ1n) is 12.5. The van der Waals surface area contributed by atoms with Gasteiger partial charge in [-0.1, -0.05) is 25.7 Å². The van der Waals surface area contributed by atoms with Crippen LogP contribution in [-0.4, -0.2) is 81.5 Å². The fraction of sp³-hybridized carbons (Fsp3) is 0.708. The van der Waals surface area contributed by atoms with Crippen LogP contribution in [0.1, 0.15) is 85.7 Å². The van der Waals surface area contributed by atoms with Crippen LogP contribution in [0.3, 0.4) is 0 Å². The SMILES string of the molecule is CN1C(=O)c2cc(C(=O)NCCCN3CCCC3=O)nn2C[C@@]1(C)C(=O)NC1CCCCCC1. The van der Waals surface area contributed by atoms with Crippen LogP contribution < -0.4 is 10.6 Å². The maximum absolute atomic E-state index is 13.3. The van der Waals surface area contributed by atoms with Crippen LogP contribution in [0, 0.1) is 0 Å². The van der Waals surface area contributed by atoms with Gasteiger partial charge in [0.1, 0.15) is 11.2 Å². The molecule has 1 aliphatic carbocycles. The number of nitrogens with zero attached hydrogens (tertiary/aromatic N) is 4. The Balaban J connectivity index is 1.37. The first-order chi connectivity index (χ1) is 16.3. The maximum atomic E-state index is 13.3. The molecule has 4 amide bonds. The van der Waals surface area contributed by atoms with E-state index < -0.39 is 5.54 Å². The van der Waals surface area contributed by atoms with Gasteiger partial charge in [-0.25, -0.2) is 0 Å². The predicted molar refractivity (Wildman–Crippen MR) is 125 cm³/mol. The van der Waals surface area contributed by atoms with Crippen molar-refractivity contribution in [2.75, 3.05) is 26.7 Å². The van der Waals surface area contributed by atoms with Gasteiger partial charge >= 0.3 is 0 Å². The summed E-state index contributed by atoms with van der Waals surface area (Å²) in [6, 6.07) is 1.62. The van der Waals surface area contributed by atoms with Gasteiger partial charge in [0.15, 0.2) is 5.69 Å². The summed E-state index contributed by atoms with van der Waals surface area (Å²) in [6.45, 7) is 3.76. The Morgan fingerprint density at radius 3 is 2.56 bits per heavy atom. The van der Waals surface area contributed by atoms with E-state index in [9.17, 15) is 19.2 Å². The number of hydrogen-bond donors (Lipinski definition) is 2. The molecule has 186 valence electrons. The lowest BCUT2D eigenvalue weighted by atomic mass is 9.95. The number of aromatic nitrogens is 2. The number of likely N-dealkylation sites (N-methyl/N-ethyl adjacent to an activating group) is 1. The van der Waals surface area contributed by atoms with Crippen LogP contribution in [0.2, 0.25) is 0 Å². The molecular formula is C24H36N6O4. The molecule has 34 heavy (non-hydrogen) atoms. The second-order valence-electron chi connectivity index (χ2n) is 9.97. The largest absolute Gasteiger partial charge is 0.351 e. The van der Waals surface area contributed by atoms with E-state index in [1.54, 1.807) is 14.0 Å². The second-order valence-corrected chi connectivity index (χ2v) is 9.97. The third kappa shape index (κ3) is 4.95. The zero-order valence-electron chi connectivity index (χ0n) is 20.3. The molecule has 0 unspecified atom stereocenters. The van der Waals surface area contributed by atoms with Crippen LogP contribution >= 0.6 is 0 Å². The van der Waals surface area contributed by atoms with E-state index in [0.29, 0.717) is 31.6 Å². The third-order valence-electron chi connectivity index (χ3n) is 7.48. The highest BCUT2D eigenvalue weighted by Crippen LogP contribution is 2.27. The van der Waals surface area contributed by atoms with Crippen molar-refractivity contribution in [1.82, 2.24) is 30.2 Å². The minimum atomic E-state index is -1.08. The number of carbonyl (C=O) groups is 4. The first-order valence-corrected chi connectivity index (χ1v) is 12.5. The number of carbonyl (C=O) groups excluding carboxylic acids is 4. The number of likely N-dealkylation sites (tertiary alicyclic amines) is 1. The van der Waals surface area contributed by atoms with E-state index in [-0.39, 0.29) is 41.9 Å². The van der Waals surface area contributed by atoms with Crippen LogP contribution in [0.25, 0.3) is 0 Å². The van der Waals surface area contributed by atoms with Crippen molar-refractivity contribution in [2.24, 2.45) is 0 Å². The molecule has 1 saturated carbocycles. The molecular weight excluding hydrogens is 436 g/mol. The van der Waals surface area contributed by atoms with Gasteiger partial charge in [0.05, 0.1) is 6.54 Å². The van der Waals surface area contributed by atoms with Crippen LogP contribution in [0.5, 0.6) is 0 Å². The molecule has 4 rings (SSSR count). The molecule has 0 aromatic carbocycles. The summed E-state index contributed by atoms with van der Waals surface area (Å²) in [5, 5.41) is 10.3. The Hall–Kier alpha value is -2.91. The molecule has 10 heteroatoms. The van der Waals surface area contributed by atoms with E-state index in [2.05, 4.69) is 15.7 Å². The molecule has 2 fully saturated rings. The summed E-state index contributed by atoms with van der Waals surface area (Å²) in [6.07, 6.45) is 8.68. The summed E-state index contributed by atoms with van der Waals surface area (Å²) in [7, 11) is 1.63. The molecule has 0 bridgehead atoms. The maximum Gasteiger partial charge on any atom is 0.272 e. The molecule has 3 aliphatic rings. The van der Waals surface area contributed by atoms with Crippen molar-refractivity contribution < 1.29 is 19.2 Å². The Morgan fingerprint density at radius 1 is 1.15 bits per heavy atom. The number of rotatable bonds is 7. The van der Waals surface area contributed by atoms with Gasteiger partial charge in [-0.2, -0.15) is 5.10 Å². The van der Waals surface area contributed by atoms with Gasteiger partial charge < -0.3 is 20.4 Å². The number of hydrogen-bond acceptors (Lipinski definition) is 5. The molecule has 2 N–H and O–H groups in total. The number of amides is 4. The first kappa shape index (κ1) is 24.2. The molecule has 0 spiro atoms. The monoisotopic (exact) mass is 472 g/mol. The van der Waals surface area contributed by atoms with Crippen molar-refractivity contribution in [3.05, 3.63) is 17.5 Å². The Labute approximate surface area is 200 Å². The molecule has 3 heterocycles. The molecule has 1 saturated heterocycles. The quantitative estimate of drug-likeness (QED) is 0.458. The zero-order valence-corrected chi connectivity index (χ0v) is 20.3. The Bertz CT molecular complexity index is 951. The molecule has 2 aliphatic heterocycles. The summed E-state index contributed by atoms with van der Waals surface area (Å²) in [4.78, 5) is 53.9. The highest BCUT2D eigenvalue weighted by molar-refractivity contribution is 6.01. The highest BCUT2D eigenvalue weighted by atomic mass is 16.2. The van der Waals surface area contributed by atoms with Crippen molar-refractivity contribution in [3.8, 4) is 0 Å². The molecule has 1 aromatic rings. The predicted octanol–water partition coefficient (Wildman–Crippen LogP) is 1.31. The van der Waals surface area contributed by atoms with Gasteiger partial charge in [0, 0.05) is 45.2 Å². The van der Waals surface area contributed by atoms with Crippen LogP contribution in [0.15, 0.2) is 6.07 Å². The van der Waals surface area contributed by atoms with Gasteiger partial charge in [-0.15, -0.1) is 0 Å². The Kier molecular flexibility index (Phi) is 7.23. The van der Waals surface area contributed by atoms with Crippen molar-refractivity contribution in [2.45, 2.75) is 82.8 Å². The summed E-state index contributed by atoms with van der Waals surface area (Å²) >= 11 is 0. The molecule has 10 nitrogen and oxygen atoms in total. The summed E-state index contributed by atoms with van der Waals surface area (Å²) in [5.74, 6) is -0.709. The smallest absolute Gasteiger partial charge is 0.272 e. The summed E-state index contributed by atoms with van der Waals surface area (Å²) < 4.78 is 1.48.